The SMILES string of the molecule is CC1CN(C(=O)C2CC2C)CC1C(=O)O. The van der Waals surface area contributed by atoms with E-state index < -0.39 is 5.97 Å². The first-order chi connectivity index (χ1) is 7.00. The molecule has 0 radical (unpaired) electrons. The van der Waals surface area contributed by atoms with Crippen molar-refractivity contribution in [3.8, 4) is 0 Å². The van der Waals surface area contributed by atoms with Crippen LogP contribution < -0.4 is 0 Å². The Labute approximate surface area is 89.3 Å². The summed E-state index contributed by atoms with van der Waals surface area (Å²) in [6, 6.07) is 0. The first kappa shape index (κ1) is 10.5. The van der Waals surface area contributed by atoms with Gasteiger partial charge in [0.1, 0.15) is 0 Å². The molecule has 15 heavy (non-hydrogen) atoms. The third-order valence-corrected chi connectivity index (χ3v) is 3.67. The molecule has 4 heteroatoms. The summed E-state index contributed by atoms with van der Waals surface area (Å²) in [4.78, 5) is 24.5. The number of hydrogen-bond acceptors (Lipinski definition) is 2. The van der Waals surface area contributed by atoms with Crippen LogP contribution in [0.5, 0.6) is 0 Å². The number of amides is 1. The summed E-state index contributed by atoms with van der Waals surface area (Å²) >= 11 is 0. The maximum atomic E-state index is 11.9. The second kappa shape index (κ2) is 3.51. The van der Waals surface area contributed by atoms with Crippen LogP contribution in [0.15, 0.2) is 0 Å². The van der Waals surface area contributed by atoms with Gasteiger partial charge in [-0.15, -0.1) is 0 Å². The molecule has 0 bridgehead atoms. The lowest BCUT2D eigenvalue weighted by molar-refractivity contribution is -0.142. The van der Waals surface area contributed by atoms with E-state index in [-0.39, 0.29) is 23.7 Å². The zero-order chi connectivity index (χ0) is 11.2. The van der Waals surface area contributed by atoms with Crippen LogP contribution in [0.1, 0.15) is 20.3 Å². The molecule has 1 amide bonds. The van der Waals surface area contributed by atoms with Crippen molar-refractivity contribution in [2.75, 3.05) is 13.1 Å². The molecule has 0 aromatic heterocycles. The minimum Gasteiger partial charge on any atom is -0.481 e. The van der Waals surface area contributed by atoms with Crippen molar-refractivity contribution in [2.24, 2.45) is 23.7 Å². The van der Waals surface area contributed by atoms with Crippen molar-refractivity contribution in [1.29, 1.82) is 0 Å². The summed E-state index contributed by atoms with van der Waals surface area (Å²) in [7, 11) is 0. The third-order valence-electron chi connectivity index (χ3n) is 3.67. The Morgan fingerprint density at radius 1 is 1.13 bits per heavy atom. The van der Waals surface area contributed by atoms with E-state index in [1.165, 1.54) is 0 Å². The molecule has 1 heterocycles. The van der Waals surface area contributed by atoms with Crippen molar-refractivity contribution < 1.29 is 14.7 Å². The van der Waals surface area contributed by atoms with Crippen LogP contribution in [0.4, 0.5) is 0 Å². The lowest BCUT2D eigenvalue weighted by Gasteiger charge is -2.15. The number of carbonyl (C=O) groups excluding carboxylic acids is 1. The van der Waals surface area contributed by atoms with Gasteiger partial charge in [0.15, 0.2) is 0 Å². The summed E-state index contributed by atoms with van der Waals surface area (Å²) in [6.07, 6.45) is 0.974. The maximum absolute atomic E-state index is 11.9. The van der Waals surface area contributed by atoms with Crippen molar-refractivity contribution in [3.05, 3.63) is 0 Å². The molecule has 2 aliphatic rings. The molecule has 0 spiro atoms. The van der Waals surface area contributed by atoms with Gasteiger partial charge < -0.3 is 10.0 Å². The van der Waals surface area contributed by atoms with E-state index in [4.69, 9.17) is 5.11 Å². The molecule has 1 saturated carbocycles. The minimum atomic E-state index is -0.776. The molecule has 0 aromatic carbocycles. The van der Waals surface area contributed by atoms with Crippen LogP contribution in [0.2, 0.25) is 0 Å². The van der Waals surface area contributed by atoms with Crippen LogP contribution in [-0.4, -0.2) is 35.0 Å². The molecule has 1 saturated heterocycles. The van der Waals surface area contributed by atoms with E-state index in [1.807, 2.05) is 6.92 Å². The molecule has 4 atom stereocenters. The number of aliphatic carboxylic acids is 1. The van der Waals surface area contributed by atoms with Gasteiger partial charge in [0.2, 0.25) is 5.91 Å². The fourth-order valence-corrected chi connectivity index (χ4v) is 2.37. The second-order valence-electron chi connectivity index (χ2n) is 4.98. The highest BCUT2D eigenvalue weighted by Gasteiger charge is 2.45. The largest absolute Gasteiger partial charge is 0.481 e. The van der Waals surface area contributed by atoms with Crippen molar-refractivity contribution in [1.82, 2.24) is 4.90 Å². The average molecular weight is 211 g/mol. The summed E-state index contributed by atoms with van der Waals surface area (Å²) in [5, 5.41) is 8.95. The molecule has 2 fully saturated rings. The second-order valence-corrected chi connectivity index (χ2v) is 4.98. The molecule has 1 aliphatic heterocycles. The number of nitrogens with zero attached hydrogens (tertiary/aromatic N) is 1. The first-order valence-corrected chi connectivity index (χ1v) is 5.52. The van der Waals surface area contributed by atoms with Crippen molar-refractivity contribution in [3.63, 3.8) is 0 Å². The molecule has 0 aromatic rings. The maximum Gasteiger partial charge on any atom is 0.308 e. The quantitative estimate of drug-likeness (QED) is 0.735. The van der Waals surface area contributed by atoms with Gasteiger partial charge in [-0.05, 0) is 18.3 Å². The normalized spacial score (nSPS) is 39.2. The highest BCUT2D eigenvalue weighted by Crippen LogP contribution is 2.40. The third kappa shape index (κ3) is 1.85. The lowest BCUT2D eigenvalue weighted by Crippen LogP contribution is -2.31. The zero-order valence-corrected chi connectivity index (χ0v) is 9.14. The van der Waals surface area contributed by atoms with Crippen molar-refractivity contribution in [2.45, 2.75) is 20.3 Å². The molecular formula is C11H17NO3. The van der Waals surface area contributed by atoms with Gasteiger partial charge in [-0.2, -0.15) is 0 Å². The van der Waals surface area contributed by atoms with Gasteiger partial charge in [-0.25, -0.2) is 0 Å². The fraction of sp³-hybridized carbons (Fsp3) is 0.818. The minimum absolute atomic E-state index is 0.0838. The van der Waals surface area contributed by atoms with E-state index >= 15 is 0 Å². The van der Waals surface area contributed by atoms with Crippen LogP contribution in [0.3, 0.4) is 0 Å². The van der Waals surface area contributed by atoms with Gasteiger partial charge in [-0.3, -0.25) is 9.59 Å². The average Bonchev–Trinajstić information content (AvgIpc) is 2.73. The highest BCUT2D eigenvalue weighted by atomic mass is 16.4. The van der Waals surface area contributed by atoms with E-state index in [0.29, 0.717) is 19.0 Å². The Morgan fingerprint density at radius 3 is 2.13 bits per heavy atom. The Balaban J connectivity index is 1.96. The van der Waals surface area contributed by atoms with Crippen molar-refractivity contribution >= 4 is 11.9 Å². The molecular weight excluding hydrogens is 194 g/mol. The number of carboxylic acids is 1. The van der Waals surface area contributed by atoms with Gasteiger partial charge in [0.05, 0.1) is 5.92 Å². The summed E-state index contributed by atoms with van der Waals surface area (Å²) < 4.78 is 0. The predicted octanol–water partition coefficient (Wildman–Crippen LogP) is 0.821. The van der Waals surface area contributed by atoms with Crippen LogP contribution in [0, 0.1) is 23.7 Å². The summed E-state index contributed by atoms with van der Waals surface area (Å²) in [5.41, 5.74) is 0. The van der Waals surface area contributed by atoms with Gasteiger partial charge in [0, 0.05) is 19.0 Å². The summed E-state index contributed by atoms with van der Waals surface area (Å²) in [5.74, 6) is -0.232. The topological polar surface area (TPSA) is 57.6 Å². The summed E-state index contributed by atoms with van der Waals surface area (Å²) in [6.45, 7) is 4.98. The molecule has 84 valence electrons. The Morgan fingerprint density at radius 2 is 1.73 bits per heavy atom. The first-order valence-electron chi connectivity index (χ1n) is 5.52. The smallest absolute Gasteiger partial charge is 0.308 e. The van der Waals surface area contributed by atoms with Gasteiger partial charge in [0.25, 0.3) is 0 Å². The number of rotatable bonds is 2. The van der Waals surface area contributed by atoms with Crippen LogP contribution in [-0.2, 0) is 9.59 Å². The van der Waals surface area contributed by atoms with E-state index in [9.17, 15) is 9.59 Å². The van der Waals surface area contributed by atoms with E-state index in [2.05, 4.69) is 6.92 Å². The zero-order valence-electron chi connectivity index (χ0n) is 9.14. The molecule has 1 N–H and O–H groups in total. The standard InChI is InChI=1S/C11H17NO3/c1-6-3-8(6)10(13)12-4-7(2)9(5-12)11(14)15/h6-9H,3-5H2,1-2H3,(H,14,15). The lowest BCUT2D eigenvalue weighted by atomic mass is 9.99. The number of hydrogen-bond donors (Lipinski definition) is 1. The van der Waals surface area contributed by atoms with Gasteiger partial charge in [-0.1, -0.05) is 13.8 Å². The monoisotopic (exact) mass is 211 g/mol. The van der Waals surface area contributed by atoms with Gasteiger partial charge >= 0.3 is 5.97 Å². The Hall–Kier alpha value is -1.06. The predicted molar refractivity (Wildman–Crippen MR) is 54.1 cm³/mol. The Kier molecular flexibility index (Phi) is 2.44. The molecule has 2 rings (SSSR count). The number of likely N-dealkylation sites (tertiary alicyclic amines) is 1. The number of carboxylic acid groups (broad SMARTS) is 1. The fourth-order valence-electron chi connectivity index (χ4n) is 2.37. The highest BCUT2D eigenvalue weighted by molar-refractivity contribution is 5.83. The van der Waals surface area contributed by atoms with Crippen LogP contribution in [0.25, 0.3) is 0 Å². The van der Waals surface area contributed by atoms with Crippen LogP contribution >= 0.6 is 0 Å². The van der Waals surface area contributed by atoms with E-state index in [1.54, 1.807) is 4.90 Å². The number of carbonyl (C=O) groups is 2. The molecule has 1 aliphatic carbocycles. The molecule has 4 unspecified atom stereocenters. The van der Waals surface area contributed by atoms with E-state index in [0.717, 1.165) is 6.42 Å². The Bertz CT molecular complexity index is 302. The molecule has 4 nitrogen and oxygen atoms in total.